The molecule has 2 rings (SSSR count). The molecule has 0 heterocycles. The summed E-state index contributed by atoms with van der Waals surface area (Å²) < 4.78 is 1.05. The van der Waals surface area contributed by atoms with E-state index >= 15 is 0 Å². The number of halogens is 1. The highest BCUT2D eigenvalue weighted by atomic mass is 79.9. The van der Waals surface area contributed by atoms with E-state index in [0.717, 1.165) is 16.5 Å². The molecular formula is C13H10BrNO2. The second-order valence-corrected chi connectivity index (χ2v) is 4.55. The topological polar surface area (TPSA) is 43.1 Å². The van der Waals surface area contributed by atoms with E-state index in [1.807, 2.05) is 24.3 Å². The second-order valence-electron chi connectivity index (χ2n) is 3.69. The third kappa shape index (κ3) is 2.91. The van der Waals surface area contributed by atoms with Crippen molar-refractivity contribution in [2.45, 2.75) is 6.42 Å². The molecule has 0 aromatic heterocycles. The molecule has 4 heteroatoms. The van der Waals surface area contributed by atoms with Gasteiger partial charge in [-0.3, -0.25) is 10.1 Å². The first kappa shape index (κ1) is 11.8. The smallest absolute Gasteiger partial charge is 0.258 e. The zero-order chi connectivity index (χ0) is 12.3. The fraction of sp³-hybridized carbons (Fsp3) is 0.0769. The second kappa shape index (κ2) is 5.10. The maximum absolute atomic E-state index is 10.5. The van der Waals surface area contributed by atoms with Crippen molar-refractivity contribution in [2.75, 3.05) is 0 Å². The van der Waals surface area contributed by atoms with Gasteiger partial charge >= 0.3 is 0 Å². The van der Waals surface area contributed by atoms with Crippen LogP contribution >= 0.6 is 15.9 Å². The van der Waals surface area contributed by atoms with Gasteiger partial charge in [-0.15, -0.1) is 0 Å². The molecule has 0 unspecified atom stereocenters. The van der Waals surface area contributed by atoms with Crippen molar-refractivity contribution in [3.63, 3.8) is 0 Å². The third-order valence-electron chi connectivity index (χ3n) is 2.50. The Bertz CT molecular complexity index is 537. The van der Waals surface area contributed by atoms with Crippen molar-refractivity contribution in [1.29, 1.82) is 0 Å². The van der Waals surface area contributed by atoms with Crippen molar-refractivity contribution in [1.82, 2.24) is 0 Å². The molecule has 2 aromatic rings. The van der Waals surface area contributed by atoms with Crippen LogP contribution in [0.25, 0.3) is 0 Å². The minimum absolute atomic E-state index is 0.126. The summed E-state index contributed by atoms with van der Waals surface area (Å²) in [6.07, 6.45) is 0.763. The summed E-state index contributed by atoms with van der Waals surface area (Å²) in [5.74, 6) is 0. The number of nitro benzene ring substituents is 1. The van der Waals surface area contributed by atoms with Crippen LogP contribution in [-0.2, 0) is 6.42 Å². The summed E-state index contributed by atoms with van der Waals surface area (Å²) in [7, 11) is 0. The van der Waals surface area contributed by atoms with E-state index in [0.29, 0.717) is 0 Å². The fourth-order valence-electron chi connectivity index (χ4n) is 1.60. The number of hydrogen-bond donors (Lipinski definition) is 0. The minimum atomic E-state index is -0.387. The van der Waals surface area contributed by atoms with Crippen molar-refractivity contribution >= 4 is 21.6 Å². The number of non-ortho nitro benzene ring substituents is 1. The van der Waals surface area contributed by atoms with E-state index in [2.05, 4.69) is 15.9 Å². The van der Waals surface area contributed by atoms with Gasteiger partial charge in [0.05, 0.1) is 4.92 Å². The van der Waals surface area contributed by atoms with Gasteiger partial charge in [0.2, 0.25) is 0 Å². The molecule has 0 saturated carbocycles. The van der Waals surface area contributed by atoms with Gasteiger partial charge in [0.25, 0.3) is 5.69 Å². The number of rotatable bonds is 3. The maximum atomic E-state index is 10.5. The van der Waals surface area contributed by atoms with Crippen LogP contribution in [0.5, 0.6) is 0 Å². The molecule has 0 amide bonds. The lowest BCUT2D eigenvalue weighted by Gasteiger charge is -2.04. The molecule has 0 atom stereocenters. The van der Waals surface area contributed by atoms with Crippen LogP contribution in [0.2, 0.25) is 0 Å². The van der Waals surface area contributed by atoms with E-state index in [4.69, 9.17) is 0 Å². The van der Waals surface area contributed by atoms with Crippen molar-refractivity contribution in [3.05, 3.63) is 74.2 Å². The number of nitrogens with zero attached hydrogens (tertiary/aromatic N) is 1. The predicted octanol–water partition coefficient (Wildman–Crippen LogP) is 3.95. The molecule has 0 bridgehead atoms. The van der Waals surface area contributed by atoms with Crippen LogP contribution in [-0.4, -0.2) is 4.92 Å². The van der Waals surface area contributed by atoms with Gasteiger partial charge in [-0.05, 0) is 23.6 Å². The average Bonchev–Trinajstić information content (AvgIpc) is 2.33. The van der Waals surface area contributed by atoms with Crippen LogP contribution in [0.3, 0.4) is 0 Å². The number of nitro groups is 1. The van der Waals surface area contributed by atoms with Crippen molar-refractivity contribution < 1.29 is 4.92 Å². The lowest BCUT2D eigenvalue weighted by Crippen LogP contribution is -1.91. The normalized spacial score (nSPS) is 10.2. The highest BCUT2D eigenvalue weighted by molar-refractivity contribution is 9.10. The summed E-state index contributed by atoms with van der Waals surface area (Å²) in [4.78, 5) is 10.1. The largest absolute Gasteiger partial charge is 0.269 e. The summed E-state index contributed by atoms with van der Waals surface area (Å²) in [6, 6.07) is 14.6. The van der Waals surface area contributed by atoms with Crippen LogP contribution in [0.15, 0.2) is 53.0 Å². The van der Waals surface area contributed by atoms with Crippen LogP contribution < -0.4 is 0 Å². The minimum Gasteiger partial charge on any atom is -0.258 e. The zero-order valence-corrected chi connectivity index (χ0v) is 10.6. The Morgan fingerprint density at radius 3 is 2.29 bits per heavy atom. The first-order valence-corrected chi connectivity index (χ1v) is 5.93. The highest BCUT2D eigenvalue weighted by Crippen LogP contribution is 2.20. The molecule has 0 aliphatic heterocycles. The molecule has 17 heavy (non-hydrogen) atoms. The Kier molecular flexibility index (Phi) is 3.54. The molecule has 0 saturated heterocycles. The molecule has 0 spiro atoms. The van der Waals surface area contributed by atoms with Gasteiger partial charge in [-0.25, -0.2) is 0 Å². The maximum Gasteiger partial charge on any atom is 0.269 e. The van der Waals surface area contributed by atoms with E-state index in [1.165, 1.54) is 17.7 Å². The first-order valence-electron chi connectivity index (χ1n) is 5.13. The van der Waals surface area contributed by atoms with Gasteiger partial charge in [-0.2, -0.15) is 0 Å². The summed E-state index contributed by atoms with van der Waals surface area (Å²) in [6.45, 7) is 0. The van der Waals surface area contributed by atoms with Crippen LogP contribution in [0.4, 0.5) is 5.69 Å². The lowest BCUT2D eigenvalue weighted by atomic mass is 10.1. The summed E-state index contributed by atoms with van der Waals surface area (Å²) in [5.41, 5.74) is 2.35. The molecule has 3 nitrogen and oxygen atoms in total. The average molecular weight is 292 g/mol. The molecule has 0 N–H and O–H groups in total. The van der Waals surface area contributed by atoms with Crippen molar-refractivity contribution in [3.8, 4) is 0 Å². The van der Waals surface area contributed by atoms with Gasteiger partial charge in [0.15, 0.2) is 0 Å². The third-order valence-corrected chi connectivity index (χ3v) is 3.27. The quantitative estimate of drug-likeness (QED) is 0.635. The Morgan fingerprint density at radius 2 is 1.71 bits per heavy atom. The van der Waals surface area contributed by atoms with Gasteiger partial charge < -0.3 is 0 Å². The Hall–Kier alpha value is -1.68. The Morgan fingerprint density at radius 1 is 1.06 bits per heavy atom. The summed E-state index contributed by atoms with van der Waals surface area (Å²) in [5, 5.41) is 10.5. The van der Waals surface area contributed by atoms with E-state index in [-0.39, 0.29) is 10.6 Å². The molecule has 86 valence electrons. The molecule has 0 radical (unpaired) electrons. The molecule has 0 fully saturated rings. The zero-order valence-electron chi connectivity index (χ0n) is 8.97. The monoisotopic (exact) mass is 291 g/mol. The van der Waals surface area contributed by atoms with E-state index < -0.39 is 0 Å². The molecule has 2 aromatic carbocycles. The van der Waals surface area contributed by atoms with E-state index in [1.54, 1.807) is 12.1 Å². The molecule has 0 aliphatic rings. The predicted molar refractivity (Wildman–Crippen MR) is 70.0 cm³/mol. The Labute approximate surface area is 107 Å². The standard InChI is InChI=1S/C13H10BrNO2/c14-13-4-2-1-3-11(13)9-10-5-7-12(8-6-10)15(16)17/h1-8H,9H2. The fourth-order valence-corrected chi connectivity index (χ4v) is 2.02. The molecule has 0 aliphatic carbocycles. The number of benzene rings is 2. The van der Waals surface area contributed by atoms with Crippen LogP contribution in [0, 0.1) is 10.1 Å². The molecular weight excluding hydrogens is 282 g/mol. The number of hydrogen-bond acceptors (Lipinski definition) is 2. The summed E-state index contributed by atoms with van der Waals surface area (Å²) >= 11 is 3.48. The van der Waals surface area contributed by atoms with Gasteiger partial charge in [-0.1, -0.05) is 46.3 Å². The lowest BCUT2D eigenvalue weighted by molar-refractivity contribution is -0.384. The highest BCUT2D eigenvalue weighted by Gasteiger charge is 2.05. The van der Waals surface area contributed by atoms with Gasteiger partial charge in [0.1, 0.15) is 0 Å². The van der Waals surface area contributed by atoms with Crippen LogP contribution in [0.1, 0.15) is 11.1 Å². The Balaban J connectivity index is 2.20. The first-order chi connectivity index (χ1) is 8.16. The van der Waals surface area contributed by atoms with E-state index in [9.17, 15) is 10.1 Å². The van der Waals surface area contributed by atoms with Gasteiger partial charge in [0, 0.05) is 16.6 Å². The van der Waals surface area contributed by atoms with Crippen molar-refractivity contribution in [2.24, 2.45) is 0 Å². The SMILES string of the molecule is O=[N+]([O-])c1ccc(Cc2ccccc2Br)cc1.